The van der Waals surface area contributed by atoms with Crippen molar-refractivity contribution in [2.24, 2.45) is 0 Å². The van der Waals surface area contributed by atoms with Crippen LogP contribution in [0, 0.1) is 0 Å². The van der Waals surface area contributed by atoms with Gasteiger partial charge in [-0.15, -0.1) is 0 Å². The lowest BCUT2D eigenvalue weighted by Crippen LogP contribution is -2.04. The lowest BCUT2D eigenvalue weighted by atomic mass is 10.1. The van der Waals surface area contributed by atoms with E-state index in [0.29, 0.717) is 12.0 Å². The zero-order valence-corrected chi connectivity index (χ0v) is 9.83. The maximum absolute atomic E-state index is 12.3. The maximum Gasteiger partial charge on any atom is 0.416 e. The molecule has 0 amide bonds. The fourth-order valence-corrected chi connectivity index (χ4v) is 1.21. The number of benzene rings is 1. The summed E-state index contributed by atoms with van der Waals surface area (Å²) in [5, 5.41) is 0. The standard InChI is InChI=1S/C13H13F3O2/c1-2-12(17)18-9-3-4-10-5-7-11(8-6-10)13(14,15)16/h3-8H,2,9H2,1H3/b4-3+. The summed E-state index contributed by atoms with van der Waals surface area (Å²) in [6, 6.07) is 4.75. The van der Waals surface area contributed by atoms with E-state index in [4.69, 9.17) is 4.74 Å². The van der Waals surface area contributed by atoms with Crippen LogP contribution in [0.15, 0.2) is 30.3 Å². The molecule has 0 spiro atoms. The molecule has 0 N–H and O–H groups in total. The van der Waals surface area contributed by atoms with Gasteiger partial charge in [-0.25, -0.2) is 0 Å². The third-order valence-corrected chi connectivity index (χ3v) is 2.18. The average Bonchev–Trinajstić information content (AvgIpc) is 2.33. The van der Waals surface area contributed by atoms with Gasteiger partial charge < -0.3 is 4.74 Å². The Morgan fingerprint density at radius 2 is 1.89 bits per heavy atom. The minimum atomic E-state index is -4.32. The molecule has 1 rings (SSSR count). The highest BCUT2D eigenvalue weighted by Crippen LogP contribution is 2.29. The van der Waals surface area contributed by atoms with Crippen LogP contribution >= 0.6 is 0 Å². The Morgan fingerprint density at radius 3 is 2.39 bits per heavy atom. The number of hydrogen-bond donors (Lipinski definition) is 0. The zero-order valence-electron chi connectivity index (χ0n) is 9.83. The lowest BCUT2D eigenvalue weighted by molar-refractivity contribution is -0.142. The Hall–Kier alpha value is -1.78. The molecule has 0 heterocycles. The highest BCUT2D eigenvalue weighted by Gasteiger charge is 2.29. The van der Waals surface area contributed by atoms with Gasteiger partial charge >= 0.3 is 12.1 Å². The first kappa shape index (κ1) is 14.3. The summed E-state index contributed by atoms with van der Waals surface area (Å²) in [4.78, 5) is 10.8. The van der Waals surface area contributed by atoms with Gasteiger partial charge in [-0.05, 0) is 23.8 Å². The molecule has 0 aliphatic heterocycles. The van der Waals surface area contributed by atoms with Crippen molar-refractivity contribution in [3.63, 3.8) is 0 Å². The Morgan fingerprint density at radius 1 is 1.28 bits per heavy atom. The van der Waals surface area contributed by atoms with Gasteiger partial charge in [0.15, 0.2) is 0 Å². The number of hydrogen-bond acceptors (Lipinski definition) is 2. The number of carbonyl (C=O) groups excluding carboxylic acids is 1. The van der Waals surface area contributed by atoms with Gasteiger partial charge in [0.2, 0.25) is 0 Å². The lowest BCUT2D eigenvalue weighted by Gasteiger charge is -2.05. The molecule has 0 saturated heterocycles. The summed E-state index contributed by atoms with van der Waals surface area (Å²) in [5.74, 6) is -0.313. The quantitative estimate of drug-likeness (QED) is 0.770. The van der Waals surface area contributed by atoms with Crippen LogP contribution in [0.2, 0.25) is 0 Å². The van der Waals surface area contributed by atoms with E-state index in [0.717, 1.165) is 12.1 Å². The van der Waals surface area contributed by atoms with Gasteiger partial charge in [0.05, 0.1) is 5.56 Å². The van der Waals surface area contributed by atoms with E-state index in [9.17, 15) is 18.0 Å². The molecule has 0 radical (unpaired) electrons. The summed E-state index contributed by atoms with van der Waals surface area (Å²) in [7, 11) is 0. The normalized spacial score (nSPS) is 11.8. The Balaban J connectivity index is 2.54. The molecule has 0 unspecified atom stereocenters. The topological polar surface area (TPSA) is 26.3 Å². The third kappa shape index (κ3) is 4.61. The van der Waals surface area contributed by atoms with E-state index in [1.807, 2.05) is 0 Å². The van der Waals surface area contributed by atoms with Crippen LogP contribution < -0.4 is 0 Å². The first-order valence-corrected chi connectivity index (χ1v) is 5.43. The summed E-state index contributed by atoms with van der Waals surface area (Å²) in [6.45, 7) is 1.80. The molecular formula is C13H13F3O2. The van der Waals surface area contributed by atoms with Gasteiger partial charge in [-0.3, -0.25) is 4.79 Å². The van der Waals surface area contributed by atoms with Crippen molar-refractivity contribution in [3.05, 3.63) is 41.5 Å². The fraction of sp³-hybridized carbons (Fsp3) is 0.308. The zero-order chi connectivity index (χ0) is 13.6. The molecule has 0 saturated carbocycles. The Labute approximate surface area is 103 Å². The maximum atomic E-state index is 12.3. The highest BCUT2D eigenvalue weighted by atomic mass is 19.4. The largest absolute Gasteiger partial charge is 0.461 e. The van der Waals surface area contributed by atoms with Crippen molar-refractivity contribution in [2.75, 3.05) is 6.61 Å². The first-order valence-electron chi connectivity index (χ1n) is 5.43. The molecule has 2 nitrogen and oxygen atoms in total. The van der Waals surface area contributed by atoms with Gasteiger partial charge in [0, 0.05) is 6.42 Å². The van der Waals surface area contributed by atoms with E-state index in [2.05, 4.69) is 0 Å². The molecule has 1 aromatic carbocycles. The van der Waals surface area contributed by atoms with Crippen LogP contribution in [0.4, 0.5) is 13.2 Å². The second kappa shape index (κ2) is 6.23. The molecule has 5 heteroatoms. The van der Waals surface area contributed by atoms with E-state index in [1.165, 1.54) is 12.1 Å². The minimum absolute atomic E-state index is 0.119. The fourth-order valence-electron chi connectivity index (χ4n) is 1.21. The predicted octanol–water partition coefficient (Wildman–Crippen LogP) is 3.67. The van der Waals surface area contributed by atoms with Crippen LogP contribution in [0.5, 0.6) is 0 Å². The van der Waals surface area contributed by atoms with Crippen molar-refractivity contribution in [3.8, 4) is 0 Å². The summed E-state index contributed by atoms with van der Waals surface area (Å²) in [6.07, 6.45) is -0.841. The van der Waals surface area contributed by atoms with E-state index >= 15 is 0 Å². The SMILES string of the molecule is CCC(=O)OC/C=C/c1ccc(C(F)(F)F)cc1. The molecule has 0 fully saturated rings. The van der Waals surface area contributed by atoms with Crippen LogP contribution in [-0.2, 0) is 15.7 Å². The van der Waals surface area contributed by atoms with Gasteiger partial charge in [-0.1, -0.05) is 25.1 Å². The van der Waals surface area contributed by atoms with Crippen LogP contribution in [0.25, 0.3) is 6.08 Å². The molecule has 1 aromatic rings. The summed E-state index contributed by atoms with van der Waals surface area (Å²) < 4.78 is 41.6. The average molecular weight is 258 g/mol. The molecule has 0 aliphatic carbocycles. The molecule has 0 aliphatic rings. The van der Waals surface area contributed by atoms with Gasteiger partial charge in [0.25, 0.3) is 0 Å². The van der Waals surface area contributed by atoms with Crippen molar-refractivity contribution < 1.29 is 22.7 Å². The number of esters is 1. The molecule has 0 aromatic heterocycles. The van der Waals surface area contributed by atoms with Gasteiger partial charge in [-0.2, -0.15) is 13.2 Å². The van der Waals surface area contributed by atoms with E-state index in [1.54, 1.807) is 19.1 Å². The molecular weight excluding hydrogens is 245 g/mol. The minimum Gasteiger partial charge on any atom is -0.461 e. The first-order chi connectivity index (χ1) is 8.43. The molecule has 0 bridgehead atoms. The second-order valence-electron chi connectivity index (χ2n) is 3.56. The van der Waals surface area contributed by atoms with Crippen molar-refractivity contribution in [1.82, 2.24) is 0 Å². The number of halogens is 3. The Kier molecular flexibility index (Phi) is 4.95. The number of ether oxygens (including phenoxy) is 1. The van der Waals surface area contributed by atoms with Crippen molar-refractivity contribution in [2.45, 2.75) is 19.5 Å². The predicted molar refractivity (Wildman–Crippen MR) is 61.7 cm³/mol. The third-order valence-electron chi connectivity index (χ3n) is 2.18. The molecule has 18 heavy (non-hydrogen) atoms. The van der Waals surface area contributed by atoms with Crippen LogP contribution in [-0.4, -0.2) is 12.6 Å². The number of carbonyl (C=O) groups is 1. The molecule has 0 atom stereocenters. The van der Waals surface area contributed by atoms with E-state index in [-0.39, 0.29) is 12.6 Å². The van der Waals surface area contributed by atoms with Crippen molar-refractivity contribution in [1.29, 1.82) is 0 Å². The summed E-state index contributed by atoms with van der Waals surface area (Å²) in [5.41, 5.74) is -0.0624. The Bertz CT molecular complexity index is 419. The molecule has 98 valence electrons. The highest BCUT2D eigenvalue weighted by molar-refractivity contribution is 5.69. The summed E-state index contributed by atoms with van der Waals surface area (Å²) >= 11 is 0. The van der Waals surface area contributed by atoms with E-state index < -0.39 is 11.7 Å². The smallest absolute Gasteiger partial charge is 0.416 e. The number of rotatable bonds is 4. The van der Waals surface area contributed by atoms with Gasteiger partial charge in [0.1, 0.15) is 6.61 Å². The monoisotopic (exact) mass is 258 g/mol. The van der Waals surface area contributed by atoms with Crippen molar-refractivity contribution >= 4 is 12.0 Å². The number of alkyl halides is 3. The van der Waals surface area contributed by atoms with Crippen LogP contribution in [0.3, 0.4) is 0 Å². The second-order valence-corrected chi connectivity index (χ2v) is 3.56. The van der Waals surface area contributed by atoms with Crippen LogP contribution in [0.1, 0.15) is 24.5 Å².